The molecule has 6 atom stereocenters. The van der Waals surface area contributed by atoms with Gasteiger partial charge in [0.15, 0.2) is 0 Å². The van der Waals surface area contributed by atoms with Crippen LogP contribution >= 0.6 is 0 Å². The van der Waals surface area contributed by atoms with E-state index in [1.54, 1.807) is 12.1 Å². The zero-order valence-corrected chi connectivity index (χ0v) is 30.7. The summed E-state index contributed by atoms with van der Waals surface area (Å²) < 4.78 is 75.9. The van der Waals surface area contributed by atoms with E-state index >= 15 is 0 Å². The lowest BCUT2D eigenvalue weighted by Gasteiger charge is -2.23. The van der Waals surface area contributed by atoms with Gasteiger partial charge in [-0.2, -0.15) is 16.8 Å². The molecule has 9 heteroatoms. The third-order valence-electron chi connectivity index (χ3n) is 8.72. The summed E-state index contributed by atoms with van der Waals surface area (Å²) in [7, 11) is -9.42. The molecule has 0 aliphatic carbocycles. The largest absolute Gasteiger partial charge is 0.454 e. The molecule has 2 N–H and O–H groups in total. The topological polar surface area (TPSA) is 118 Å². The highest BCUT2D eigenvalue weighted by Gasteiger charge is 2.25. The fourth-order valence-corrected chi connectivity index (χ4v) is 8.50. The first-order valence-electron chi connectivity index (χ1n) is 16.6. The molecule has 0 amide bonds. The summed E-state index contributed by atoms with van der Waals surface area (Å²) in [6.45, 7) is 21.8. The fraction of sp³-hybridized carbons (Fsp3) is 0.667. The number of benzene rings is 2. The van der Waals surface area contributed by atoms with E-state index in [9.17, 15) is 25.9 Å². The molecule has 7 nitrogen and oxygen atoms in total. The van der Waals surface area contributed by atoms with Gasteiger partial charge in [0, 0.05) is 0 Å². The molecular weight excluding hydrogens is 609 g/mol. The highest BCUT2D eigenvalue weighted by atomic mass is 32.2. The molecule has 45 heavy (non-hydrogen) atoms. The summed E-state index contributed by atoms with van der Waals surface area (Å²) in [5, 5.41) is 0. The predicted molar refractivity (Wildman–Crippen MR) is 183 cm³/mol. The van der Waals surface area contributed by atoms with Gasteiger partial charge in [0.2, 0.25) is 0 Å². The van der Waals surface area contributed by atoms with Crippen molar-refractivity contribution in [3.63, 3.8) is 0 Å². The third-order valence-corrected chi connectivity index (χ3v) is 10.5. The van der Waals surface area contributed by atoms with Crippen LogP contribution in [-0.2, 0) is 20.2 Å². The van der Waals surface area contributed by atoms with Gasteiger partial charge in [0.05, 0.1) is 0 Å². The Morgan fingerprint density at radius 2 is 0.822 bits per heavy atom. The number of rotatable bonds is 18. The average Bonchev–Trinajstić information content (AvgIpc) is 2.86. The second-order valence-electron chi connectivity index (χ2n) is 14.9. The first-order valence-corrected chi connectivity index (χ1v) is 19.5. The van der Waals surface area contributed by atoms with Crippen LogP contribution in [0.2, 0.25) is 0 Å². The Morgan fingerprint density at radius 3 is 1.11 bits per heavy atom. The Balaban J connectivity index is 2.33. The zero-order valence-electron chi connectivity index (χ0n) is 29.1. The normalized spacial score (nSPS) is 16.8. The molecule has 2 aromatic rings. The molecule has 0 fully saturated rings. The van der Waals surface area contributed by atoms with E-state index < -0.39 is 30.0 Å². The SMILES string of the molecule is CC(C)CC(C)CC(C)CC(C)c1ccc(Oc2ccc(C(C)CC(C)CC(C)CC(C)C)cc2S(=O)(=O)O)c(S(=O)(=O)O)c1. The van der Waals surface area contributed by atoms with Gasteiger partial charge in [0.25, 0.3) is 20.2 Å². The van der Waals surface area contributed by atoms with Crippen molar-refractivity contribution in [1.29, 1.82) is 0 Å². The van der Waals surface area contributed by atoms with Crippen molar-refractivity contribution < 1.29 is 30.7 Å². The molecule has 6 unspecified atom stereocenters. The van der Waals surface area contributed by atoms with E-state index in [1.165, 1.54) is 24.3 Å². The minimum atomic E-state index is -4.71. The van der Waals surface area contributed by atoms with Crippen LogP contribution in [0.3, 0.4) is 0 Å². The van der Waals surface area contributed by atoms with Crippen molar-refractivity contribution in [3.05, 3.63) is 47.5 Å². The molecule has 0 bridgehead atoms. The first kappa shape index (κ1) is 39.2. The van der Waals surface area contributed by atoms with Crippen LogP contribution in [-0.4, -0.2) is 25.9 Å². The van der Waals surface area contributed by atoms with E-state index in [-0.39, 0.29) is 23.3 Å². The van der Waals surface area contributed by atoms with Crippen molar-refractivity contribution in [1.82, 2.24) is 0 Å². The molecule has 0 saturated heterocycles. The van der Waals surface area contributed by atoms with E-state index in [2.05, 4.69) is 55.4 Å². The standard InChI is InChI=1S/C36H58O7S2/c1-23(2)15-25(5)17-27(7)19-29(9)31-11-13-33(35(21-31)44(37,38)39)43-34-14-12-32(22-36(34)45(40,41)42)30(10)20-28(8)18-26(6)16-24(3)4/h11-14,21-30H,15-20H2,1-10H3,(H,37,38,39)(H,40,41,42). The summed E-state index contributed by atoms with van der Waals surface area (Å²) in [6.07, 6.45) is 6.13. The second kappa shape index (κ2) is 16.8. The maximum atomic E-state index is 12.5. The minimum Gasteiger partial charge on any atom is -0.454 e. The van der Waals surface area contributed by atoms with Crippen molar-refractivity contribution in [2.24, 2.45) is 35.5 Å². The van der Waals surface area contributed by atoms with E-state index in [1.807, 2.05) is 13.8 Å². The van der Waals surface area contributed by atoms with Crippen molar-refractivity contribution >= 4 is 20.2 Å². The highest BCUT2D eigenvalue weighted by molar-refractivity contribution is 7.86. The lowest BCUT2D eigenvalue weighted by Crippen LogP contribution is -2.10. The Kier molecular flexibility index (Phi) is 14.6. The molecule has 0 radical (unpaired) electrons. The smallest absolute Gasteiger partial charge is 0.298 e. The predicted octanol–water partition coefficient (Wildman–Crippen LogP) is 10.4. The Morgan fingerprint density at radius 1 is 0.511 bits per heavy atom. The third kappa shape index (κ3) is 13.0. The summed E-state index contributed by atoms with van der Waals surface area (Å²) in [5.74, 6) is 2.88. The van der Waals surface area contributed by atoms with E-state index in [0.717, 1.165) is 49.7 Å². The summed E-state index contributed by atoms with van der Waals surface area (Å²) in [5.41, 5.74) is 1.46. The fourth-order valence-electron chi connectivity index (χ4n) is 7.20. The molecule has 0 spiro atoms. The number of hydrogen-bond donors (Lipinski definition) is 2. The van der Waals surface area contributed by atoms with Gasteiger partial charge in [-0.05, 0) is 121 Å². The summed E-state index contributed by atoms with van der Waals surface area (Å²) in [4.78, 5) is -0.897. The maximum Gasteiger partial charge on any atom is 0.298 e. The molecule has 0 heterocycles. The molecule has 0 saturated carbocycles. The van der Waals surface area contributed by atoms with E-state index in [0.29, 0.717) is 35.5 Å². The number of hydrogen-bond acceptors (Lipinski definition) is 5. The first-order chi connectivity index (χ1) is 20.7. The van der Waals surface area contributed by atoms with Gasteiger partial charge in [-0.1, -0.05) is 81.4 Å². The number of ether oxygens (including phenoxy) is 1. The highest BCUT2D eigenvalue weighted by Crippen LogP contribution is 2.38. The van der Waals surface area contributed by atoms with Crippen LogP contribution in [0, 0.1) is 35.5 Å². The van der Waals surface area contributed by atoms with E-state index in [4.69, 9.17) is 4.74 Å². The Bertz CT molecular complexity index is 1340. The van der Waals surface area contributed by atoms with Gasteiger partial charge in [-0.15, -0.1) is 0 Å². The molecule has 256 valence electrons. The zero-order chi connectivity index (χ0) is 34.3. The summed E-state index contributed by atoms with van der Waals surface area (Å²) >= 11 is 0. The minimum absolute atomic E-state index is 0.0192. The van der Waals surface area contributed by atoms with Crippen LogP contribution in [0.25, 0.3) is 0 Å². The quantitative estimate of drug-likeness (QED) is 0.152. The van der Waals surface area contributed by atoms with Crippen LogP contribution < -0.4 is 4.74 Å². The van der Waals surface area contributed by atoms with Crippen molar-refractivity contribution in [2.75, 3.05) is 0 Å². The Hall–Kier alpha value is -1.94. The van der Waals surface area contributed by atoms with Crippen LogP contribution in [0.1, 0.15) is 131 Å². The molecule has 0 aromatic heterocycles. The van der Waals surface area contributed by atoms with Crippen LogP contribution in [0.15, 0.2) is 46.2 Å². The second-order valence-corrected chi connectivity index (χ2v) is 17.7. The van der Waals surface area contributed by atoms with Crippen LogP contribution in [0.4, 0.5) is 0 Å². The molecular formula is C36H58O7S2. The molecule has 2 aromatic carbocycles. The monoisotopic (exact) mass is 666 g/mol. The molecule has 0 aliphatic rings. The van der Waals surface area contributed by atoms with Gasteiger partial charge < -0.3 is 4.74 Å². The van der Waals surface area contributed by atoms with Gasteiger partial charge in [-0.25, -0.2) is 0 Å². The summed E-state index contributed by atoms with van der Waals surface area (Å²) in [6, 6.07) is 9.14. The molecule has 0 aliphatic heterocycles. The van der Waals surface area contributed by atoms with Crippen LogP contribution in [0.5, 0.6) is 11.5 Å². The average molecular weight is 667 g/mol. The van der Waals surface area contributed by atoms with Crippen molar-refractivity contribution in [3.8, 4) is 11.5 Å². The molecule has 2 rings (SSSR count). The van der Waals surface area contributed by atoms with Gasteiger partial charge in [-0.3, -0.25) is 9.11 Å². The Labute approximate surface area is 274 Å². The van der Waals surface area contributed by atoms with Gasteiger partial charge in [0.1, 0.15) is 21.3 Å². The van der Waals surface area contributed by atoms with Crippen molar-refractivity contribution in [2.45, 2.75) is 129 Å². The lowest BCUT2D eigenvalue weighted by atomic mass is 9.84. The maximum absolute atomic E-state index is 12.5. The lowest BCUT2D eigenvalue weighted by molar-refractivity contribution is 0.333. The van der Waals surface area contributed by atoms with Gasteiger partial charge >= 0.3 is 0 Å².